The summed E-state index contributed by atoms with van der Waals surface area (Å²) in [6, 6.07) is 6.32. The minimum absolute atomic E-state index is 0.0272. The lowest BCUT2D eigenvalue weighted by molar-refractivity contribution is 0.104. The number of allylic oxidation sites excluding steroid dienone is 1. The maximum atomic E-state index is 11.1. The SMILES string of the molecule is NC=CC(=O)c1ccccc1O. The number of aromatic hydroxyl groups is 1. The predicted octanol–water partition coefficient (Wildman–Crippen LogP) is 1.05. The molecule has 0 radical (unpaired) electrons. The highest BCUT2D eigenvalue weighted by Gasteiger charge is 2.05. The molecule has 0 aliphatic carbocycles. The van der Waals surface area contributed by atoms with E-state index in [1.807, 2.05) is 0 Å². The predicted molar refractivity (Wildman–Crippen MR) is 45.8 cm³/mol. The van der Waals surface area contributed by atoms with Gasteiger partial charge in [-0.3, -0.25) is 4.79 Å². The van der Waals surface area contributed by atoms with Crippen molar-refractivity contribution in [1.29, 1.82) is 0 Å². The molecule has 0 aliphatic heterocycles. The zero-order valence-corrected chi connectivity index (χ0v) is 6.40. The van der Waals surface area contributed by atoms with Crippen LogP contribution < -0.4 is 5.73 Å². The van der Waals surface area contributed by atoms with Crippen LogP contribution in [0.4, 0.5) is 0 Å². The van der Waals surface area contributed by atoms with Gasteiger partial charge in [-0.2, -0.15) is 0 Å². The highest BCUT2D eigenvalue weighted by Crippen LogP contribution is 2.15. The van der Waals surface area contributed by atoms with Crippen molar-refractivity contribution < 1.29 is 9.90 Å². The topological polar surface area (TPSA) is 63.3 Å². The molecule has 0 spiro atoms. The lowest BCUT2D eigenvalue weighted by atomic mass is 10.1. The third kappa shape index (κ3) is 1.63. The number of phenolic OH excluding ortho intramolecular Hbond substituents is 1. The zero-order valence-electron chi connectivity index (χ0n) is 6.40. The van der Waals surface area contributed by atoms with Crippen LogP contribution in [-0.4, -0.2) is 10.9 Å². The minimum Gasteiger partial charge on any atom is -0.507 e. The largest absolute Gasteiger partial charge is 0.507 e. The fourth-order valence-corrected chi connectivity index (χ4v) is 0.859. The van der Waals surface area contributed by atoms with Gasteiger partial charge in [0.15, 0.2) is 5.78 Å². The van der Waals surface area contributed by atoms with Crippen LogP contribution in [0.3, 0.4) is 0 Å². The van der Waals surface area contributed by atoms with Gasteiger partial charge in [-0.05, 0) is 18.3 Å². The third-order valence-electron chi connectivity index (χ3n) is 1.42. The Hall–Kier alpha value is -1.77. The molecule has 3 N–H and O–H groups in total. The Labute approximate surface area is 70.1 Å². The number of phenols is 1. The van der Waals surface area contributed by atoms with E-state index in [-0.39, 0.29) is 17.1 Å². The van der Waals surface area contributed by atoms with Crippen LogP contribution in [-0.2, 0) is 0 Å². The Morgan fingerprint density at radius 2 is 2.08 bits per heavy atom. The average Bonchev–Trinajstić information content (AvgIpc) is 2.05. The van der Waals surface area contributed by atoms with E-state index in [9.17, 15) is 9.90 Å². The van der Waals surface area contributed by atoms with Crippen molar-refractivity contribution >= 4 is 5.78 Å². The summed E-state index contributed by atoms with van der Waals surface area (Å²) < 4.78 is 0. The first-order valence-electron chi connectivity index (χ1n) is 3.46. The fourth-order valence-electron chi connectivity index (χ4n) is 0.859. The highest BCUT2D eigenvalue weighted by atomic mass is 16.3. The quantitative estimate of drug-likeness (QED) is 0.506. The maximum absolute atomic E-state index is 11.1. The van der Waals surface area contributed by atoms with Crippen molar-refractivity contribution in [3.8, 4) is 5.75 Å². The van der Waals surface area contributed by atoms with Gasteiger partial charge in [0.1, 0.15) is 5.75 Å². The Balaban J connectivity index is 3.03. The third-order valence-corrected chi connectivity index (χ3v) is 1.42. The summed E-state index contributed by atoms with van der Waals surface area (Å²) in [5.41, 5.74) is 5.30. The second-order valence-corrected chi connectivity index (χ2v) is 2.24. The molecule has 1 rings (SSSR count). The van der Waals surface area contributed by atoms with E-state index >= 15 is 0 Å². The molecule has 0 bridgehead atoms. The van der Waals surface area contributed by atoms with E-state index in [4.69, 9.17) is 5.73 Å². The molecular formula is C9H9NO2. The standard InChI is InChI=1S/C9H9NO2/c10-6-5-9(12)7-3-1-2-4-8(7)11/h1-6,11H,10H2. The van der Waals surface area contributed by atoms with Crippen molar-refractivity contribution in [3.63, 3.8) is 0 Å². The molecule has 3 heteroatoms. The van der Waals surface area contributed by atoms with Gasteiger partial charge >= 0.3 is 0 Å². The van der Waals surface area contributed by atoms with Crippen LogP contribution in [0.5, 0.6) is 5.75 Å². The molecule has 0 fully saturated rings. The van der Waals surface area contributed by atoms with Crippen molar-refractivity contribution in [3.05, 3.63) is 42.1 Å². The highest BCUT2D eigenvalue weighted by molar-refractivity contribution is 6.06. The molecule has 1 aromatic carbocycles. The van der Waals surface area contributed by atoms with Crippen molar-refractivity contribution in [2.75, 3.05) is 0 Å². The van der Waals surface area contributed by atoms with Crippen LogP contribution in [0.2, 0.25) is 0 Å². The van der Waals surface area contributed by atoms with Gasteiger partial charge in [0.05, 0.1) is 5.56 Å². The van der Waals surface area contributed by atoms with Crippen LogP contribution in [0.1, 0.15) is 10.4 Å². The number of carbonyl (C=O) groups excluding carboxylic acids is 1. The molecular weight excluding hydrogens is 154 g/mol. The van der Waals surface area contributed by atoms with Crippen molar-refractivity contribution in [2.45, 2.75) is 0 Å². The fraction of sp³-hybridized carbons (Fsp3) is 0. The van der Waals surface area contributed by atoms with Crippen molar-refractivity contribution in [1.82, 2.24) is 0 Å². The van der Waals surface area contributed by atoms with Gasteiger partial charge in [0.25, 0.3) is 0 Å². The normalized spacial score (nSPS) is 10.3. The molecule has 1 aromatic rings. The van der Waals surface area contributed by atoms with E-state index < -0.39 is 0 Å². The molecule has 0 saturated heterocycles. The molecule has 0 heterocycles. The number of hydrogen-bond donors (Lipinski definition) is 2. The summed E-state index contributed by atoms with van der Waals surface area (Å²) in [7, 11) is 0. The Morgan fingerprint density at radius 1 is 1.42 bits per heavy atom. The Bertz CT molecular complexity index is 318. The van der Waals surface area contributed by atoms with Gasteiger partial charge in [0.2, 0.25) is 0 Å². The average molecular weight is 163 g/mol. The van der Waals surface area contributed by atoms with E-state index in [0.717, 1.165) is 6.20 Å². The van der Waals surface area contributed by atoms with Gasteiger partial charge < -0.3 is 10.8 Å². The lowest BCUT2D eigenvalue weighted by Gasteiger charge is -1.97. The first-order valence-corrected chi connectivity index (χ1v) is 3.46. The Morgan fingerprint density at radius 3 is 2.67 bits per heavy atom. The number of carbonyl (C=O) groups is 1. The number of nitrogens with two attached hydrogens (primary N) is 1. The Kier molecular flexibility index (Phi) is 2.48. The lowest BCUT2D eigenvalue weighted by Crippen LogP contribution is -1.95. The molecule has 0 aromatic heterocycles. The van der Waals surface area contributed by atoms with E-state index in [1.54, 1.807) is 12.1 Å². The van der Waals surface area contributed by atoms with Crippen LogP contribution in [0.25, 0.3) is 0 Å². The summed E-state index contributed by atoms with van der Waals surface area (Å²) in [6.45, 7) is 0. The summed E-state index contributed by atoms with van der Waals surface area (Å²) >= 11 is 0. The number of hydrogen-bond acceptors (Lipinski definition) is 3. The minimum atomic E-state index is -0.296. The monoisotopic (exact) mass is 163 g/mol. The van der Waals surface area contributed by atoms with Crippen LogP contribution in [0.15, 0.2) is 36.5 Å². The van der Waals surface area contributed by atoms with Gasteiger partial charge in [-0.1, -0.05) is 12.1 Å². The van der Waals surface area contributed by atoms with Crippen LogP contribution >= 0.6 is 0 Å². The zero-order chi connectivity index (χ0) is 8.97. The first kappa shape index (κ1) is 8.33. The molecule has 0 aliphatic rings. The number of benzene rings is 1. The van der Waals surface area contributed by atoms with E-state index in [1.165, 1.54) is 18.2 Å². The second-order valence-electron chi connectivity index (χ2n) is 2.24. The molecule has 0 unspecified atom stereocenters. The smallest absolute Gasteiger partial charge is 0.190 e. The summed E-state index contributed by atoms with van der Waals surface area (Å²) in [5, 5.41) is 9.21. The molecule has 0 amide bonds. The summed E-state index contributed by atoms with van der Waals surface area (Å²) in [6.07, 6.45) is 2.35. The van der Waals surface area contributed by atoms with Gasteiger partial charge in [0, 0.05) is 6.08 Å². The number of para-hydroxylation sites is 1. The molecule has 0 saturated carbocycles. The molecule has 62 valence electrons. The van der Waals surface area contributed by atoms with E-state index in [2.05, 4.69) is 0 Å². The molecule has 12 heavy (non-hydrogen) atoms. The van der Waals surface area contributed by atoms with Gasteiger partial charge in [-0.25, -0.2) is 0 Å². The number of rotatable bonds is 2. The second kappa shape index (κ2) is 3.57. The van der Waals surface area contributed by atoms with Gasteiger partial charge in [-0.15, -0.1) is 0 Å². The van der Waals surface area contributed by atoms with Crippen molar-refractivity contribution in [2.24, 2.45) is 5.73 Å². The summed E-state index contributed by atoms with van der Waals surface area (Å²) in [4.78, 5) is 11.1. The summed E-state index contributed by atoms with van der Waals surface area (Å²) in [5.74, 6) is -0.323. The van der Waals surface area contributed by atoms with E-state index in [0.29, 0.717) is 0 Å². The number of ketones is 1. The first-order chi connectivity index (χ1) is 5.75. The van der Waals surface area contributed by atoms with Crippen LogP contribution in [0, 0.1) is 0 Å². The molecule has 0 atom stereocenters. The maximum Gasteiger partial charge on any atom is 0.190 e. The molecule has 3 nitrogen and oxygen atoms in total.